The number of carbonyl (C=O) groups is 1. The summed E-state index contributed by atoms with van der Waals surface area (Å²) in [5.74, 6) is 0.297. The van der Waals surface area contributed by atoms with Crippen LogP contribution in [-0.2, 0) is 17.8 Å². The van der Waals surface area contributed by atoms with Gasteiger partial charge in [-0.1, -0.05) is 39.8 Å². The molecule has 0 amide bonds. The van der Waals surface area contributed by atoms with Crippen molar-refractivity contribution >= 4 is 5.78 Å². The Bertz CT molecular complexity index is 453. The summed E-state index contributed by atoms with van der Waals surface area (Å²) in [6.45, 7) is 10.2. The zero-order valence-corrected chi connectivity index (χ0v) is 13.9. The topological polar surface area (TPSA) is 59.8 Å². The molecule has 120 valence electrons. The van der Waals surface area contributed by atoms with Gasteiger partial charge in [0.05, 0.1) is 18.3 Å². The van der Waals surface area contributed by atoms with Crippen LogP contribution in [0.5, 0.6) is 0 Å². The molecule has 5 heteroatoms. The number of nitrogens with zero attached hydrogens (tertiary/aromatic N) is 3. The maximum atomic E-state index is 12.2. The van der Waals surface area contributed by atoms with Gasteiger partial charge in [-0.25, -0.2) is 0 Å². The summed E-state index contributed by atoms with van der Waals surface area (Å²) in [5.41, 5.74) is 0.971. The van der Waals surface area contributed by atoms with Gasteiger partial charge in [0.1, 0.15) is 5.78 Å². The van der Waals surface area contributed by atoms with E-state index in [1.165, 1.54) is 0 Å². The molecule has 0 radical (unpaired) electrons. The highest BCUT2D eigenvalue weighted by Crippen LogP contribution is 2.21. The quantitative estimate of drug-likeness (QED) is 0.761. The van der Waals surface area contributed by atoms with Crippen LogP contribution in [0.1, 0.15) is 60.9 Å². The first kappa shape index (κ1) is 16.1. The van der Waals surface area contributed by atoms with Gasteiger partial charge in [-0.2, -0.15) is 0 Å². The van der Waals surface area contributed by atoms with Crippen LogP contribution < -0.4 is 5.32 Å². The number of nitrogens with one attached hydrogen (secondary N) is 1. The fraction of sp³-hybridized carbons (Fsp3) is 0.812. The van der Waals surface area contributed by atoms with E-state index in [1.807, 2.05) is 13.1 Å². The van der Waals surface area contributed by atoms with E-state index < -0.39 is 0 Å². The van der Waals surface area contributed by atoms with Crippen LogP contribution in [0.2, 0.25) is 0 Å². The van der Waals surface area contributed by atoms with Crippen LogP contribution in [0, 0.1) is 5.41 Å². The zero-order valence-electron chi connectivity index (χ0n) is 14.9. The highest BCUT2D eigenvalue weighted by Gasteiger charge is 2.23. The molecule has 1 rings (SSSR count). The van der Waals surface area contributed by atoms with E-state index in [1.54, 1.807) is 4.68 Å². The molecule has 1 aromatic heterocycles. The average Bonchev–Trinajstić information content (AvgIpc) is 2.84. The summed E-state index contributed by atoms with van der Waals surface area (Å²) < 4.78 is 8.96. The summed E-state index contributed by atoms with van der Waals surface area (Å²) in [6.07, 6.45) is 4.87. The zero-order chi connectivity index (χ0) is 16.6. The van der Waals surface area contributed by atoms with E-state index in [4.69, 9.17) is 1.37 Å². The van der Waals surface area contributed by atoms with Crippen molar-refractivity contribution in [1.29, 1.82) is 0 Å². The van der Waals surface area contributed by atoms with Crippen molar-refractivity contribution in [2.45, 2.75) is 72.9 Å². The van der Waals surface area contributed by atoms with Gasteiger partial charge in [-0.15, -0.1) is 5.10 Å². The number of rotatable bonds is 9. The molecule has 0 spiro atoms. The fourth-order valence-electron chi connectivity index (χ4n) is 2.25. The Balaban J connectivity index is 2.49. The first-order valence-corrected chi connectivity index (χ1v) is 7.80. The van der Waals surface area contributed by atoms with Crippen molar-refractivity contribution in [3.05, 3.63) is 11.9 Å². The Labute approximate surface area is 129 Å². The Hall–Kier alpha value is -1.23. The van der Waals surface area contributed by atoms with Gasteiger partial charge in [0.25, 0.3) is 0 Å². The highest BCUT2D eigenvalue weighted by atomic mass is 16.1. The van der Waals surface area contributed by atoms with Gasteiger partial charge < -0.3 is 5.32 Å². The van der Waals surface area contributed by atoms with Crippen LogP contribution in [0.3, 0.4) is 0 Å². The lowest BCUT2D eigenvalue weighted by Crippen LogP contribution is -2.41. The van der Waals surface area contributed by atoms with Gasteiger partial charge in [0.15, 0.2) is 0 Å². The summed E-state index contributed by atoms with van der Waals surface area (Å²) in [4.78, 5) is 12.2. The van der Waals surface area contributed by atoms with Gasteiger partial charge in [0, 0.05) is 20.5 Å². The van der Waals surface area contributed by atoms with Crippen LogP contribution in [-0.4, -0.2) is 33.4 Å². The number of aromatic nitrogens is 3. The second kappa shape index (κ2) is 8.27. The largest absolute Gasteiger partial charge is 0.306 e. The second-order valence-electron chi connectivity index (χ2n) is 6.71. The molecule has 1 unspecified atom stereocenters. The van der Waals surface area contributed by atoms with E-state index in [0.717, 1.165) is 18.5 Å². The number of Topliss-reactive ketones (excluding diaryl/α,β-unsaturated/α-hetero) is 1. The molecule has 0 aliphatic rings. The summed E-state index contributed by atoms with van der Waals surface area (Å²) >= 11 is 0. The Kier molecular flexibility index (Phi) is 6.36. The normalized spacial score (nSPS) is 14.0. The first-order valence-electron chi connectivity index (χ1n) is 8.50. The van der Waals surface area contributed by atoms with Crippen molar-refractivity contribution in [3.63, 3.8) is 0 Å². The smallest absolute Gasteiger partial charge is 0.149 e. The standard InChI is InChI=1S/C16H30N4O/c1-6-8-15(21)14(11-16(3,4)5)17-9-10-20-12-13(7-2)18-19-20/h12,14,17H,6-11H2,1-5H3/i2T. The van der Waals surface area contributed by atoms with E-state index in [-0.39, 0.29) is 11.5 Å². The monoisotopic (exact) mass is 296 g/mol. The number of ketones is 1. The molecular formula is C16H30N4O. The number of hydrogen-bond acceptors (Lipinski definition) is 4. The van der Waals surface area contributed by atoms with Crippen LogP contribution in [0.15, 0.2) is 6.20 Å². The highest BCUT2D eigenvalue weighted by molar-refractivity contribution is 5.83. The lowest BCUT2D eigenvalue weighted by Gasteiger charge is -2.26. The molecule has 1 aromatic rings. The van der Waals surface area contributed by atoms with Gasteiger partial charge in [0.2, 0.25) is 0 Å². The second-order valence-corrected chi connectivity index (χ2v) is 6.71. The molecule has 21 heavy (non-hydrogen) atoms. The SMILES string of the molecule is [3H]CCc1cn(CCNC(CC(C)(C)C)C(=O)CCC)nn1. The third kappa shape index (κ3) is 6.85. The maximum Gasteiger partial charge on any atom is 0.149 e. The molecule has 0 aliphatic heterocycles. The third-order valence-corrected chi connectivity index (χ3v) is 3.28. The van der Waals surface area contributed by atoms with Crippen molar-refractivity contribution in [2.75, 3.05) is 6.54 Å². The molecular weight excluding hydrogens is 264 g/mol. The third-order valence-electron chi connectivity index (χ3n) is 3.28. The Morgan fingerprint density at radius 2 is 2.29 bits per heavy atom. The van der Waals surface area contributed by atoms with Crippen molar-refractivity contribution < 1.29 is 6.17 Å². The lowest BCUT2D eigenvalue weighted by atomic mass is 9.86. The fourth-order valence-corrected chi connectivity index (χ4v) is 2.25. The summed E-state index contributed by atoms with van der Waals surface area (Å²) in [5, 5.41) is 11.4. The van der Waals surface area contributed by atoms with Crippen LogP contribution >= 0.6 is 0 Å². The minimum atomic E-state index is -0.0869. The minimum absolute atomic E-state index is 0.0869. The Morgan fingerprint density at radius 1 is 1.52 bits per heavy atom. The van der Waals surface area contributed by atoms with E-state index in [0.29, 0.717) is 38.6 Å². The molecule has 5 nitrogen and oxygen atoms in total. The molecule has 0 aromatic carbocycles. The van der Waals surface area contributed by atoms with Crippen molar-refractivity contribution in [3.8, 4) is 0 Å². The van der Waals surface area contributed by atoms with E-state index in [9.17, 15) is 4.79 Å². The Morgan fingerprint density at radius 3 is 2.90 bits per heavy atom. The van der Waals surface area contributed by atoms with E-state index in [2.05, 4.69) is 36.4 Å². The number of aryl methyl sites for hydroxylation is 1. The number of carbonyl (C=O) groups excluding carboxylic acids is 1. The maximum absolute atomic E-state index is 12.2. The summed E-state index contributed by atoms with van der Waals surface area (Å²) in [6, 6.07) is -0.0869. The lowest BCUT2D eigenvalue weighted by molar-refractivity contribution is -0.121. The summed E-state index contributed by atoms with van der Waals surface area (Å²) in [7, 11) is 0. The molecule has 1 heterocycles. The first-order chi connectivity index (χ1) is 10.4. The van der Waals surface area contributed by atoms with Crippen molar-refractivity contribution in [2.24, 2.45) is 5.41 Å². The van der Waals surface area contributed by atoms with Gasteiger partial charge in [-0.05, 0) is 24.7 Å². The van der Waals surface area contributed by atoms with Crippen LogP contribution in [0.4, 0.5) is 0 Å². The van der Waals surface area contributed by atoms with E-state index >= 15 is 0 Å². The predicted molar refractivity (Wildman–Crippen MR) is 85.2 cm³/mol. The van der Waals surface area contributed by atoms with Crippen molar-refractivity contribution in [1.82, 2.24) is 20.3 Å². The molecule has 0 bridgehead atoms. The van der Waals surface area contributed by atoms with Crippen LogP contribution in [0.25, 0.3) is 0 Å². The molecule has 0 saturated heterocycles. The molecule has 0 saturated carbocycles. The average molecular weight is 296 g/mol. The minimum Gasteiger partial charge on any atom is -0.306 e. The molecule has 0 aliphatic carbocycles. The van der Waals surface area contributed by atoms with Gasteiger partial charge >= 0.3 is 0 Å². The molecule has 1 N–H and O–H groups in total. The predicted octanol–water partition coefficient (Wildman–Crippen LogP) is 2.60. The number of hydrogen-bond donors (Lipinski definition) is 1. The molecule has 1 atom stereocenters. The molecule has 0 fully saturated rings. The van der Waals surface area contributed by atoms with Gasteiger partial charge in [-0.3, -0.25) is 9.48 Å².